The Labute approximate surface area is 161 Å². The summed E-state index contributed by atoms with van der Waals surface area (Å²) in [4.78, 5) is 44.9. The van der Waals surface area contributed by atoms with E-state index >= 15 is 0 Å². The Morgan fingerprint density at radius 1 is 1.33 bits per heavy atom. The highest BCUT2D eigenvalue weighted by Crippen LogP contribution is 2.27. The van der Waals surface area contributed by atoms with Crippen LogP contribution in [-0.4, -0.2) is 45.5 Å². The molecular weight excluding hydrogens is 366 g/mol. The van der Waals surface area contributed by atoms with Gasteiger partial charge in [-0.3, -0.25) is 14.2 Å². The Morgan fingerprint density at radius 2 is 2.11 bits per heavy atom. The van der Waals surface area contributed by atoms with Crippen molar-refractivity contribution in [3.8, 4) is 0 Å². The quantitative estimate of drug-likeness (QED) is 0.732. The van der Waals surface area contributed by atoms with Crippen molar-refractivity contribution < 1.29 is 14.3 Å². The Balaban J connectivity index is 1.90. The van der Waals surface area contributed by atoms with Gasteiger partial charge in [0.2, 0.25) is 5.91 Å². The van der Waals surface area contributed by atoms with Crippen molar-refractivity contribution in [3.63, 3.8) is 0 Å². The molecule has 0 spiro atoms. The average molecular weight is 391 g/mol. The maximum atomic E-state index is 12.9. The molecule has 1 amide bonds. The number of aromatic nitrogens is 2. The maximum absolute atomic E-state index is 12.9. The molecule has 0 aliphatic carbocycles. The predicted octanol–water partition coefficient (Wildman–Crippen LogP) is 2.73. The highest BCUT2D eigenvalue weighted by Gasteiger charge is 2.26. The molecular formula is C19H25N3O4S. The van der Waals surface area contributed by atoms with Crippen LogP contribution < -0.4 is 5.56 Å². The van der Waals surface area contributed by atoms with Gasteiger partial charge in [-0.15, -0.1) is 11.3 Å². The summed E-state index contributed by atoms with van der Waals surface area (Å²) in [5.41, 5.74) is 0.278. The number of carbonyl (C=O) groups excluding carboxylic acids is 2. The number of hydrogen-bond donors (Lipinski definition) is 0. The number of ether oxygens (including phenoxy) is 1. The highest BCUT2D eigenvalue weighted by atomic mass is 32.1. The fraction of sp³-hybridized carbons (Fsp3) is 0.579. The number of carbonyl (C=O) groups is 2. The molecule has 0 N–H and O–H groups in total. The lowest BCUT2D eigenvalue weighted by Gasteiger charge is -2.35. The molecule has 146 valence electrons. The maximum Gasteiger partial charge on any atom is 0.348 e. The van der Waals surface area contributed by atoms with Crippen molar-refractivity contribution in [2.75, 3.05) is 13.2 Å². The third-order valence-electron chi connectivity index (χ3n) is 5.10. The number of piperidine rings is 1. The number of likely N-dealkylation sites (tertiary alicyclic amines) is 1. The van der Waals surface area contributed by atoms with Crippen LogP contribution in [0, 0.1) is 6.92 Å². The van der Waals surface area contributed by atoms with Crippen molar-refractivity contribution >= 4 is 33.4 Å². The number of fused-ring (bicyclic) bond motifs is 1. The fourth-order valence-corrected chi connectivity index (χ4v) is 4.69. The smallest absolute Gasteiger partial charge is 0.348 e. The van der Waals surface area contributed by atoms with Gasteiger partial charge in [-0.25, -0.2) is 9.78 Å². The molecule has 1 saturated heterocycles. The van der Waals surface area contributed by atoms with Gasteiger partial charge in [0.05, 0.1) is 18.3 Å². The van der Waals surface area contributed by atoms with E-state index in [-0.39, 0.29) is 30.7 Å². The SMILES string of the molecule is CCOC(=O)c1sc2ncn(CC(=O)N3CCCC[C@H]3CC)c(=O)c2c1C. The molecule has 2 aromatic heterocycles. The molecule has 0 saturated carbocycles. The van der Waals surface area contributed by atoms with Crippen molar-refractivity contribution in [2.24, 2.45) is 0 Å². The summed E-state index contributed by atoms with van der Waals surface area (Å²) < 4.78 is 6.40. The molecule has 1 atom stereocenters. The number of rotatable bonds is 5. The summed E-state index contributed by atoms with van der Waals surface area (Å²) in [5, 5.41) is 0.393. The topological polar surface area (TPSA) is 81.5 Å². The lowest BCUT2D eigenvalue weighted by atomic mass is 10.00. The monoisotopic (exact) mass is 391 g/mol. The van der Waals surface area contributed by atoms with E-state index < -0.39 is 5.97 Å². The van der Waals surface area contributed by atoms with E-state index in [4.69, 9.17) is 4.74 Å². The van der Waals surface area contributed by atoms with Crippen LogP contribution in [0.15, 0.2) is 11.1 Å². The Hall–Kier alpha value is -2.22. The third-order valence-corrected chi connectivity index (χ3v) is 6.28. The van der Waals surface area contributed by atoms with Crippen LogP contribution in [0.2, 0.25) is 0 Å². The van der Waals surface area contributed by atoms with E-state index in [0.717, 1.165) is 43.6 Å². The first kappa shape index (κ1) is 19.5. The second-order valence-electron chi connectivity index (χ2n) is 6.78. The van der Waals surface area contributed by atoms with Crippen molar-refractivity contribution in [2.45, 2.75) is 59.0 Å². The number of hydrogen-bond acceptors (Lipinski definition) is 6. The Bertz CT molecular complexity index is 918. The van der Waals surface area contributed by atoms with Gasteiger partial charge >= 0.3 is 5.97 Å². The Morgan fingerprint density at radius 3 is 2.81 bits per heavy atom. The molecule has 0 aromatic carbocycles. The molecule has 7 nitrogen and oxygen atoms in total. The summed E-state index contributed by atoms with van der Waals surface area (Å²) in [6.45, 7) is 6.53. The van der Waals surface area contributed by atoms with E-state index in [9.17, 15) is 14.4 Å². The van der Waals surface area contributed by atoms with Crippen LogP contribution in [0.25, 0.3) is 10.2 Å². The second kappa shape index (κ2) is 8.21. The minimum Gasteiger partial charge on any atom is -0.462 e. The fourth-order valence-electron chi connectivity index (χ4n) is 3.65. The van der Waals surface area contributed by atoms with E-state index in [1.165, 1.54) is 10.9 Å². The zero-order chi connectivity index (χ0) is 19.6. The van der Waals surface area contributed by atoms with Crippen LogP contribution in [0.1, 0.15) is 54.8 Å². The van der Waals surface area contributed by atoms with Gasteiger partial charge in [0, 0.05) is 12.6 Å². The van der Waals surface area contributed by atoms with E-state index in [1.807, 2.05) is 4.90 Å². The van der Waals surface area contributed by atoms with Crippen LogP contribution in [-0.2, 0) is 16.1 Å². The van der Waals surface area contributed by atoms with Gasteiger partial charge in [0.1, 0.15) is 16.3 Å². The van der Waals surface area contributed by atoms with Crippen molar-refractivity contribution in [1.29, 1.82) is 0 Å². The summed E-state index contributed by atoms with van der Waals surface area (Å²) in [7, 11) is 0. The number of thiophene rings is 1. The molecule has 0 bridgehead atoms. The lowest BCUT2D eigenvalue weighted by Crippen LogP contribution is -2.45. The zero-order valence-corrected chi connectivity index (χ0v) is 16.8. The summed E-state index contributed by atoms with van der Waals surface area (Å²) >= 11 is 1.15. The molecule has 3 heterocycles. The Kier molecular flexibility index (Phi) is 5.94. The molecule has 2 aromatic rings. The minimum atomic E-state index is -0.445. The van der Waals surface area contributed by atoms with Gasteiger partial charge in [-0.2, -0.15) is 0 Å². The normalized spacial score (nSPS) is 17.3. The highest BCUT2D eigenvalue weighted by molar-refractivity contribution is 7.20. The molecule has 8 heteroatoms. The first-order chi connectivity index (χ1) is 13.0. The van der Waals surface area contributed by atoms with Gasteiger partial charge in [-0.05, 0) is 45.1 Å². The van der Waals surface area contributed by atoms with Crippen LogP contribution >= 0.6 is 11.3 Å². The lowest BCUT2D eigenvalue weighted by molar-refractivity contribution is -0.135. The second-order valence-corrected chi connectivity index (χ2v) is 7.78. The summed E-state index contributed by atoms with van der Waals surface area (Å²) in [6, 6.07) is 0.247. The van der Waals surface area contributed by atoms with E-state index in [0.29, 0.717) is 20.7 Å². The predicted molar refractivity (Wildman–Crippen MR) is 104 cm³/mol. The van der Waals surface area contributed by atoms with Gasteiger partial charge < -0.3 is 9.64 Å². The van der Waals surface area contributed by atoms with E-state index in [1.54, 1.807) is 13.8 Å². The van der Waals surface area contributed by atoms with Crippen LogP contribution in [0.4, 0.5) is 0 Å². The minimum absolute atomic E-state index is 0.0255. The molecule has 1 aliphatic heterocycles. The summed E-state index contributed by atoms with van der Waals surface area (Å²) in [5.74, 6) is -0.498. The van der Waals surface area contributed by atoms with Gasteiger partial charge in [0.15, 0.2) is 0 Å². The van der Waals surface area contributed by atoms with Crippen molar-refractivity contribution in [3.05, 3.63) is 27.1 Å². The summed E-state index contributed by atoms with van der Waals surface area (Å²) in [6.07, 6.45) is 5.48. The van der Waals surface area contributed by atoms with Gasteiger partial charge in [-0.1, -0.05) is 6.92 Å². The largest absolute Gasteiger partial charge is 0.462 e. The first-order valence-electron chi connectivity index (χ1n) is 9.43. The van der Waals surface area contributed by atoms with Gasteiger partial charge in [0.25, 0.3) is 5.56 Å². The number of amides is 1. The van der Waals surface area contributed by atoms with E-state index in [2.05, 4.69) is 11.9 Å². The molecule has 1 fully saturated rings. The average Bonchev–Trinajstić information content (AvgIpc) is 3.01. The standard InChI is InChI=1S/C19H25N3O4S/c1-4-13-8-6-7-9-22(13)14(23)10-21-11-20-17-15(18(21)24)12(3)16(27-17)19(25)26-5-2/h11,13H,4-10H2,1-3H3/t13-/m1/s1. The zero-order valence-electron chi connectivity index (χ0n) is 16.0. The number of esters is 1. The molecule has 0 radical (unpaired) electrons. The number of nitrogens with zero attached hydrogens (tertiary/aromatic N) is 3. The first-order valence-corrected chi connectivity index (χ1v) is 10.2. The molecule has 27 heavy (non-hydrogen) atoms. The molecule has 1 aliphatic rings. The van der Waals surface area contributed by atoms with Crippen LogP contribution in [0.3, 0.4) is 0 Å². The van der Waals surface area contributed by atoms with Crippen molar-refractivity contribution in [1.82, 2.24) is 14.5 Å². The molecule has 3 rings (SSSR count). The number of aryl methyl sites for hydroxylation is 1. The van der Waals surface area contributed by atoms with Crippen LogP contribution in [0.5, 0.6) is 0 Å². The molecule has 0 unspecified atom stereocenters. The third kappa shape index (κ3) is 3.76.